The minimum absolute atomic E-state index is 0.278. The van der Waals surface area contributed by atoms with E-state index in [0.717, 1.165) is 22.2 Å². The Morgan fingerprint density at radius 2 is 1.73 bits per heavy atom. The van der Waals surface area contributed by atoms with Crippen LogP contribution in [0.25, 0.3) is 16.6 Å². The van der Waals surface area contributed by atoms with E-state index < -0.39 is 0 Å². The van der Waals surface area contributed by atoms with Gasteiger partial charge in [0.15, 0.2) is 5.69 Å². The average molecular weight is 343 g/mol. The number of anilines is 1. The van der Waals surface area contributed by atoms with Gasteiger partial charge in [0.2, 0.25) is 0 Å². The van der Waals surface area contributed by atoms with E-state index in [1.807, 2.05) is 68.4 Å². The van der Waals surface area contributed by atoms with E-state index in [1.54, 1.807) is 10.7 Å². The van der Waals surface area contributed by atoms with Gasteiger partial charge in [-0.25, -0.2) is 9.67 Å². The predicted octanol–water partition coefficient (Wildman–Crippen LogP) is 3.68. The summed E-state index contributed by atoms with van der Waals surface area (Å²) in [4.78, 5) is 17.1. The molecule has 2 aromatic heterocycles. The van der Waals surface area contributed by atoms with Crippen molar-refractivity contribution in [2.45, 2.75) is 13.8 Å². The standard InChI is InChI=1S/C20H17N5O/c1-13-7-10-16(11-8-13)25-14(2)19(23-24-25)20(26)22-18-12-9-15-5-3-4-6-17(15)21-18/h3-12H,1-2H3,(H,21,22,26). The lowest BCUT2D eigenvalue weighted by molar-refractivity contribution is 0.102. The largest absolute Gasteiger partial charge is 0.305 e. The number of para-hydroxylation sites is 1. The van der Waals surface area contributed by atoms with Gasteiger partial charge in [-0.05, 0) is 44.2 Å². The van der Waals surface area contributed by atoms with Gasteiger partial charge in [0.05, 0.1) is 16.9 Å². The van der Waals surface area contributed by atoms with E-state index in [9.17, 15) is 4.79 Å². The fourth-order valence-electron chi connectivity index (χ4n) is 2.78. The number of carbonyl (C=O) groups excluding carboxylic acids is 1. The molecule has 0 spiro atoms. The smallest absolute Gasteiger partial charge is 0.279 e. The monoisotopic (exact) mass is 343 g/mol. The minimum atomic E-state index is -0.330. The van der Waals surface area contributed by atoms with Crippen LogP contribution in [0.15, 0.2) is 60.7 Å². The van der Waals surface area contributed by atoms with Crippen LogP contribution < -0.4 is 5.32 Å². The second-order valence-corrected chi connectivity index (χ2v) is 6.11. The first kappa shape index (κ1) is 16.0. The first-order valence-corrected chi connectivity index (χ1v) is 8.28. The highest BCUT2D eigenvalue weighted by atomic mass is 16.2. The molecule has 0 saturated carbocycles. The molecule has 128 valence electrons. The Morgan fingerprint density at radius 1 is 0.962 bits per heavy atom. The van der Waals surface area contributed by atoms with Crippen LogP contribution in [-0.2, 0) is 0 Å². The third-order valence-corrected chi connectivity index (χ3v) is 4.23. The molecule has 0 radical (unpaired) electrons. The summed E-state index contributed by atoms with van der Waals surface area (Å²) in [6.45, 7) is 3.84. The van der Waals surface area contributed by atoms with Crippen LogP contribution in [0.5, 0.6) is 0 Å². The number of fused-ring (bicyclic) bond motifs is 1. The second-order valence-electron chi connectivity index (χ2n) is 6.11. The van der Waals surface area contributed by atoms with E-state index >= 15 is 0 Å². The van der Waals surface area contributed by atoms with Crippen molar-refractivity contribution in [2.24, 2.45) is 0 Å². The molecular formula is C20H17N5O. The zero-order valence-corrected chi connectivity index (χ0v) is 14.5. The van der Waals surface area contributed by atoms with Gasteiger partial charge < -0.3 is 5.32 Å². The number of amides is 1. The van der Waals surface area contributed by atoms with Gasteiger partial charge in [-0.15, -0.1) is 5.10 Å². The molecule has 0 atom stereocenters. The summed E-state index contributed by atoms with van der Waals surface area (Å²) in [6, 6.07) is 19.3. The maximum Gasteiger partial charge on any atom is 0.279 e. The molecule has 2 aromatic carbocycles. The molecule has 4 aromatic rings. The van der Waals surface area contributed by atoms with E-state index in [4.69, 9.17) is 0 Å². The Balaban J connectivity index is 1.61. The summed E-state index contributed by atoms with van der Waals surface area (Å²) in [5.74, 6) is 0.154. The Bertz CT molecular complexity index is 1100. The zero-order valence-electron chi connectivity index (χ0n) is 14.5. The molecule has 0 aliphatic heterocycles. The summed E-state index contributed by atoms with van der Waals surface area (Å²) in [5.41, 5.74) is 3.80. The quantitative estimate of drug-likeness (QED) is 0.616. The van der Waals surface area contributed by atoms with Crippen molar-refractivity contribution in [2.75, 3.05) is 5.32 Å². The molecule has 0 aliphatic carbocycles. The maximum atomic E-state index is 12.6. The van der Waals surface area contributed by atoms with Crippen LogP contribution in [0.1, 0.15) is 21.7 Å². The molecule has 1 amide bonds. The summed E-state index contributed by atoms with van der Waals surface area (Å²) >= 11 is 0. The Hall–Kier alpha value is -3.54. The van der Waals surface area contributed by atoms with Gasteiger partial charge in [-0.1, -0.05) is 41.1 Å². The van der Waals surface area contributed by atoms with Gasteiger partial charge in [0, 0.05) is 5.39 Å². The van der Waals surface area contributed by atoms with Crippen LogP contribution in [0, 0.1) is 13.8 Å². The van der Waals surface area contributed by atoms with Crippen molar-refractivity contribution in [3.63, 3.8) is 0 Å². The Morgan fingerprint density at radius 3 is 2.54 bits per heavy atom. The summed E-state index contributed by atoms with van der Waals surface area (Å²) in [7, 11) is 0. The number of nitrogens with one attached hydrogen (secondary N) is 1. The van der Waals surface area contributed by atoms with Crippen LogP contribution in [0.4, 0.5) is 5.82 Å². The van der Waals surface area contributed by atoms with E-state index in [-0.39, 0.29) is 11.6 Å². The average Bonchev–Trinajstić information content (AvgIpc) is 3.04. The first-order valence-electron chi connectivity index (χ1n) is 8.28. The molecule has 4 rings (SSSR count). The van der Waals surface area contributed by atoms with Gasteiger partial charge in [0.1, 0.15) is 5.82 Å². The highest BCUT2D eigenvalue weighted by Crippen LogP contribution is 2.17. The van der Waals surface area contributed by atoms with Crippen molar-refractivity contribution < 1.29 is 4.79 Å². The molecular weight excluding hydrogens is 326 g/mol. The van der Waals surface area contributed by atoms with Crippen molar-refractivity contribution in [1.82, 2.24) is 20.0 Å². The fourth-order valence-corrected chi connectivity index (χ4v) is 2.78. The van der Waals surface area contributed by atoms with Crippen molar-refractivity contribution in [3.05, 3.63) is 77.6 Å². The number of hydrogen-bond donors (Lipinski definition) is 1. The minimum Gasteiger partial charge on any atom is -0.305 e. The van der Waals surface area contributed by atoms with Crippen LogP contribution >= 0.6 is 0 Å². The summed E-state index contributed by atoms with van der Waals surface area (Å²) in [5, 5.41) is 12.0. The summed E-state index contributed by atoms with van der Waals surface area (Å²) in [6.07, 6.45) is 0. The molecule has 26 heavy (non-hydrogen) atoms. The number of carbonyl (C=O) groups is 1. The number of nitrogens with zero attached hydrogens (tertiary/aromatic N) is 4. The normalized spacial score (nSPS) is 10.8. The van der Waals surface area contributed by atoms with Crippen LogP contribution in [0.2, 0.25) is 0 Å². The number of pyridine rings is 1. The molecule has 2 heterocycles. The Labute approximate surface area is 150 Å². The maximum absolute atomic E-state index is 12.6. The number of benzene rings is 2. The molecule has 6 nitrogen and oxygen atoms in total. The van der Waals surface area contributed by atoms with Gasteiger partial charge in [-0.3, -0.25) is 4.79 Å². The number of aromatic nitrogens is 4. The highest BCUT2D eigenvalue weighted by molar-refractivity contribution is 6.03. The number of rotatable bonds is 3. The van der Waals surface area contributed by atoms with Crippen molar-refractivity contribution >= 4 is 22.6 Å². The fraction of sp³-hybridized carbons (Fsp3) is 0.100. The van der Waals surface area contributed by atoms with Crippen LogP contribution in [-0.4, -0.2) is 25.9 Å². The predicted molar refractivity (Wildman–Crippen MR) is 101 cm³/mol. The molecule has 0 saturated heterocycles. The third-order valence-electron chi connectivity index (χ3n) is 4.23. The molecule has 1 N–H and O–H groups in total. The second kappa shape index (κ2) is 6.40. The third kappa shape index (κ3) is 2.93. The number of hydrogen-bond acceptors (Lipinski definition) is 4. The van der Waals surface area contributed by atoms with Crippen molar-refractivity contribution in [3.8, 4) is 5.69 Å². The van der Waals surface area contributed by atoms with Gasteiger partial charge in [-0.2, -0.15) is 0 Å². The zero-order chi connectivity index (χ0) is 18.1. The van der Waals surface area contributed by atoms with Gasteiger partial charge >= 0.3 is 0 Å². The lowest BCUT2D eigenvalue weighted by atomic mass is 10.2. The SMILES string of the molecule is Cc1ccc(-n2nnc(C(=O)Nc3ccc4ccccc4n3)c2C)cc1. The van der Waals surface area contributed by atoms with E-state index in [2.05, 4.69) is 20.6 Å². The highest BCUT2D eigenvalue weighted by Gasteiger charge is 2.18. The summed E-state index contributed by atoms with van der Waals surface area (Å²) < 4.78 is 1.65. The van der Waals surface area contributed by atoms with Crippen LogP contribution in [0.3, 0.4) is 0 Å². The Kier molecular flexibility index (Phi) is 3.93. The topological polar surface area (TPSA) is 72.7 Å². The molecule has 0 fully saturated rings. The lowest BCUT2D eigenvalue weighted by Crippen LogP contribution is -2.15. The lowest BCUT2D eigenvalue weighted by Gasteiger charge is -2.06. The van der Waals surface area contributed by atoms with E-state index in [0.29, 0.717) is 11.5 Å². The first-order chi connectivity index (χ1) is 12.6. The molecule has 0 bridgehead atoms. The molecule has 6 heteroatoms. The molecule has 0 unspecified atom stereocenters. The van der Waals surface area contributed by atoms with E-state index in [1.165, 1.54) is 0 Å². The van der Waals surface area contributed by atoms with Gasteiger partial charge in [0.25, 0.3) is 5.91 Å². The number of aryl methyl sites for hydroxylation is 1. The molecule has 0 aliphatic rings. The van der Waals surface area contributed by atoms with Crippen molar-refractivity contribution in [1.29, 1.82) is 0 Å².